The summed E-state index contributed by atoms with van der Waals surface area (Å²) in [5.41, 5.74) is 0.343. The number of hydrogen-bond donors (Lipinski definition) is 1. The van der Waals surface area contributed by atoms with Crippen LogP contribution >= 0.6 is 0 Å². The first-order chi connectivity index (χ1) is 13.7. The molecule has 0 fully saturated rings. The molecule has 29 heavy (non-hydrogen) atoms. The molecule has 0 amide bonds. The largest absolute Gasteiger partial charge is 0.507 e. The molecule has 0 aromatic heterocycles. The van der Waals surface area contributed by atoms with E-state index in [1.807, 2.05) is 6.92 Å². The van der Waals surface area contributed by atoms with Crippen molar-refractivity contribution < 1.29 is 28.0 Å². The van der Waals surface area contributed by atoms with Crippen molar-refractivity contribution in [2.24, 2.45) is 0 Å². The topological polar surface area (TPSA) is 124 Å². The zero-order chi connectivity index (χ0) is 21.4. The van der Waals surface area contributed by atoms with Crippen molar-refractivity contribution in [2.45, 2.75) is 24.7 Å². The minimum absolute atomic E-state index is 0.0581. The van der Waals surface area contributed by atoms with Gasteiger partial charge in [-0.15, -0.1) is 0 Å². The van der Waals surface area contributed by atoms with Gasteiger partial charge in [0.25, 0.3) is 5.69 Å². The van der Waals surface area contributed by atoms with Crippen molar-refractivity contribution in [3.05, 3.63) is 69.8 Å². The molecule has 154 valence electrons. The van der Waals surface area contributed by atoms with Crippen LogP contribution in [0, 0.1) is 10.1 Å². The molecule has 0 aliphatic carbocycles. The van der Waals surface area contributed by atoms with E-state index in [2.05, 4.69) is 0 Å². The Bertz CT molecular complexity index is 1010. The Labute approximate surface area is 168 Å². The second kappa shape index (κ2) is 9.83. The lowest BCUT2D eigenvalue weighted by Crippen LogP contribution is -2.10. The molecule has 0 saturated heterocycles. The lowest BCUT2D eigenvalue weighted by Gasteiger charge is -2.08. The third-order valence-electron chi connectivity index (χ3n) is 4.01. The molecule has 0 bridgehead atoms. The molecule has 8 nitrogen and oxygen atoms in total. The highest BCUT2D eigenvalue weighted by atomic mass is 32.2. The first-order valence-corrected chi connectivity index (χ1v) is 10.5. The normalized spacial score (nSPS) is 11.5. The number of nitro groups is 1. The third-order valence-corrected chi connectivity index (χ3v) is 5.61. The Hall–Kier alpha value is -3.20. The number of phenols is 1. The van der Waals surface area contributed by atoms with Gasteiger partial charge in [-0.25, -0.2) is 13.2 Å². The van der Waals surface area contributed by atoms with E-state index < -0.39 is 20.7 Å². The maximum absolute atomic E-state index is 12.5. The van der Waals surface area contributed by atoms with Gasteiger partial charge in [0, 0.05) is 12.1 Å². The van der Waals surface area contributed by atoms with Crippen molar-refractivity contribution in [3.8, 4) is 5.75 Å². The maximum Gasteiger partial charge on any atom is 0.341 e. The highest BCUT2D eigenvalue weighted by molar-refractivity contribution is 7.91. The molecular formula is C20H21NO7S. The number of nitrogens with zero attached hydrogens (tertiary/aromatic N) is 1. The Morgan fingerprint density at radius 2 is 1.90 bits per heavy atom. The Morgan fingerprint density at radius 1 is 1.21 bits per heavy atom. The van der Waals surface area contributed by atoms with Crippen LogP contribution in [0.3, 0.4) is 0 Å². The summed E-state index contributed by atoms with van der Waals surface area (Å²) in [5.74, 6) is -1.49. The number of hydrogen-bond acceptors (Lipinski definition) is 7. The van der Waals surface area contributed by atoms with Crippen LogP contribution in [0.25, 0.3) is 6.08 Å². The molecule has 0 spiro atoms. The highest BCUT2D eigenvalue weighted by Crippen LogP contribution is 2.23. The van der Waals surface area contributed by atoms with Crippen molar-refractivity contribution in [2.75, 3.05) is 12.4 Å². The van der Waals surface area contributed by atoms with Crippen LogP contribution in [-0.2, 0) is 14.6 Å². The predicted octanol–water partition coefficient (Wildman–Crippen LogP) is 3.74. The number of unbranched alkanes of at least 4 members (excludes halogenated alkanes) is 1. The SMILES string of the molecule is CCCCOC(=O)c1cc(S(=O)(=O)CC=Cc2ccc([N+](=O)[O-])cc2)ccc1O. The van der Waals surface area contributed by atoms with Gasteiger partial charge in [-0.1, -0.05) is 25.5 Å². The molecule has 9 heteroatoms. The summed E-state index contributed by atoms with van der Waals surface area (Å²) in [6, 6.07) is 9.11. The molecule has 0 heterocycles. The van der Waals surface area contributed by atoms with Gasteiger partial charge < -0.3 is 9.84 Å². The summed E-state index contributed by atoms with van der Waals surface area (Å²) in [7, 11) is -3.76. The van der Waals surface area contributed by atoms with Gasteiger partial charge in [-0.3, -0.25) is 10.1 Å². The van der Waals surface area contributed by atoms with Crippen LogP contribution in [0.1, 0.15) is 35.7 Å². The number of rotatable bonds is 9. The van der Waals surface area contributed by atoms with Gasteiger partial charge in [-0.05, 0) is 42.3 Å². The summed E-state index contributed by atoms with van der Waals surface area (Å²) in [6.07, 6.45) is 4.43. The van der Waals surface area contributed by atoms with Crippen molar-refractivity contribution >= 4 is 27.6 Å². The van der Waals surface area contributed by atoms with E-state index in [1.165, 1.54) is 42.5 Å². The van der Waals surface area contributed by atoms with Gasteiger partial charge in [0.1, 0.15) is 11.3 Å². The number of carbonyl (C=O) groups excluding carboxylic acids is 1. The van der Waals surface area contributed by atoms with Gasteiger partial charge in [0.05, 0.1) is 22.2 Å². The van der Waals surface area contributed by atoms with Gasteiger partial charge >= 0.3 is 5.97 Å². The number of phenolic OH excluding ortho intramolecular Hbond substituents is 1. The number of ether oxygens (including phenoxy) is 1. The van der Waals surface area contributed by atoms with E-state index in [1.54, 1.807) is 0 Å². The average Bonchev–Trinajstić information content (AvgIpc) is 2.68. The van der Waals surface area contributed by atoms with Gasteiger partial charge in [0.15, 0.2) is 9.84 Å². The van der Waals surface area contributed by atoms with Crippen LogP contribution in [0.15, 0.2) is 53.4 Å². The van der Waals surface area contributed by atoms with Crippen LogP contribution in [0.4, 0.5) is 5.69 Å². The molecule has 0 aliphatic rings. The second-order valence-corrected chi connectivity index (χ2v) is 8.24. The van der Waals surface area contributed by atoms with E-state index in [4.69, 9.17) is 4.74 Å². The third kappa shape index (κ3) is 6.15. The maximum atomic E-state index is 12.5. The predicted molar refractivity (Wildman–Crippen MR) is 107 cm³/mol. The molecule has 1 N–H and O–H groups in total. The quantitative estimate of drug-likeness (QED) is 0.284. The van der Waals surface area contributed by atoms with Crippen LogP contribution in [-0.4, -0.2) is 36.8 Å². The first kappa shape index (κ1) is 22.1. The monoisotopic (exact) mass is 419 g/mol. The molecule has 0 saturated carbocycles. The summed E-state index contributed by atoms with van der Waals surface area (Å²) >= 11 is 0. The van der Waals surface area contributed by atoms with E-state index in [0.717, 1.165) is 18.6 Å². The average molecular weight is 419 g/mol. The van der Waals surface area contributed by atoms with Crippen molar-refractivity contribution in [3.63, 3.8) is 0 Å². The van der Waals surface area contributed by atoms with E-state index >= 15 is 0 Å². The number of esters is 1. The minimum atomic E-state index is -3.76. The molecular weight excluding hydrogens is 398 g/mol. The molecule has 0 aliphatic heterocycles. The van der Waals surface area contributed by atoms with Crippen molar-refractivity contribution in [1.29, 1.82) is 0 Å². The summed E-state index contributed by atoms with van der Waals surface area (Å²) in [6.45, 7) is 2.12. The first-order valence-electron chi connectivity index (χ1n) is 8.88. The molecule has 2 aromatic rings. The van der Waals surface area contributed by atoms with Crippen LogP contribution in [0.5, 0.6) is 5.75 Å². The fourth-order valence-corrected chi connectivity index (χ4v) is 3.49. The minimum Gasteiger partial charge on any atom is -0.507 e. The zero-order valence-corrected chi connectivity index (χ0v) is 16.6. The summed E-state index contributed by atoms with van der Waals surface area (Å²) in [4.78, 5) is 22.1. The lowest BCUT2D eigenvalue weighted by atomic mass is 10.2. The number of nitro benzene ring substituents is 1. The van der Waals surface area contributed by atoms with E-state index in [9.17, 15) is 28.4 Å². The summed E-state index contributed by atoms with van der Waals surface area (Å²) < 4.78 is 30.1. The molecule has 0 unspecified atom stereocenters. The Morgan fingerprint density at radius 3 is 2.52 bits per heavy atom. The number of benzene rings is 2. The van der Waals surface area contributed by atoms with Crippen molar-refractivity contribution in [1.82, 2.24) is 0 Å². The lowest BCUT2D eigenvalue weighted by molar-refractivity contribution is -0.384. The fraction of sp³-hybridized carbons (Fsp3) is 0.250. The number of carbonyl (C=O) groups is 1. The Kier molecular flexibility index (Phi) is 7.49. The number of aromatic hydroxyl groups is 1. The van der Waals surface area contributed by atoms with E-state index in [-0.39, 0.29) is 34.3 Å². The zero-order valence-electron chi connectivity index (χ0n) is 15.8. The Balaban J connectivity index is 2.13. The van der Waals surface area contributed by atoms with Gasteiger partial charge in [0.2, 0.25) is 0 Å². The molecule has 2 aromatic carbocycles. The highest BCUT2D eigenvalue weighted by Gasteiger charge is 2.19. The van der Waals surface area contributed by atoms with Crippen LogP contribution < -0.4 is 0 Å². The second-order valence-electron chi connectivity index (χ2n) is 6.20. The number of sulfone groups is 1. The molecule has 0 radical (unpaired) electrons. The number of non-ortho nitro benzene ring substituents is 1. The fourth-order valence-electron chi connectivity index (χ4n) is 2.37. The summed E-state index contributed by atoms with van der Waals surface area (Å²) in [5, 5.41) is 20.5. The molecule has 2 rings (SSSR count). The van der Waals surface area contributed by atoms with E-state index in [0.29, 0.717) is 12.0 Å². The van der Waals surface area contributed by atoms with Crippen LogP contribution in [0.2, 0.25) is 0 Å². The smallest absolute Gasteiger partial charge is 0.341 e. The standard InChI is InChI=1S/C20H21NO7S/c1-2-3-12-28-20(23)18-14-17(10-11-19(18)22)29(26,27)13-4-5-15-6-8-16(9-7-15)21(24)25/h4-11,14,22H,2-3,12-13H2,1H3. The van der Waals surface area contributed by atoms with Gasteiger partial charge in [-0.2, -0.15) is 0 Å². The molecule has 0 atom stereocenters.